The maximum absolute atomic E-state index is 10.3. The molecule has 1 aliphatic rings. The van der Waals surface area contributed by atoms with Crippen LogP contribution >= 0.6 is 0 Å². The number of aliphatic hydroxyl groups excluding tert-OH is 1. The van der Waals surface area contributed by atoms with E-state index in [1.165, 1.54) is 14.2 Å². The summed E-state index contributed by atoms with van der Waals surface area (Å²) in [5.74, 6) is -1.18. The Morgan fingerprint density at radius 2 is 2.00 bits per heavy atom. The first kappa shape index (κ1) is 12.3. The van der Waals surface area contributed by atoms with Crippen LogP contribution in [0.5, 0.6) is 0 Å². The molecule has 17 heavy (non-hydrogen) atoms. The van der Waals surface area contributed by atoms with Crippen LogP contribution in [0.25, 0.3) is 0 Å². The van der Waals surface area contributed by atoms with Gasteiger partial charge < -0.3 is 19.3 Å². The Morgan fingerprint density at radius 1 is 1.29 bits per heavy atom. The number of rotatable bonds is 4. The van der Waals surface area contributed by atoms with Gasteiger partial charge in [-0.25, -0.2) is 0 Å². The first-order chi connectivity index (χ1) is 8.22. The second kappa shape index (κ2) is 4.98. The molecule has 0 saturated heterocycles. The van der Waals surface area contributed by atoms with Gasteiger partial charge in [-0.3, -0.25) is 0 Å². The third-order valence-corrected chi connectivity index (χ3v) is 2.83. The summed E-state index contributed by atoms with van der Waals surface area (Å²) in [5.41, 5.74) is 0.732. The molecule has 0 amide bonds. The summed E-state index contributed by atoms with van der Waals surface area (Å²) < 4.78 is 15.9. The van der Waals surface area contributed by atoms with E-state index in [-0.39, 0.29) is 0 Å². The van der Waals surface area contributed by atoms with Gasteiger partial charge in [-0.1, -0.05) is 30.3 Å². The minimum Gasteiger partial charge on any atom is -0.382 e. The maximum atomic E-state index is 10.3. The fraction of sp³-hybridized carbons (Fsp3) is 0.385. The molecular formula is C13H16O4. The summed E-state index contributed by atoms with van der Waals surface area (Å²) in [4.78, 5) is 0. The fourth-order valence-electron chi connectivity index (χ4n) is 1.85. The molecule has 4 nitrogen and oxygen atoms in total. The molecule has 1 heterocycles. The summed E-state index contributed by atoms with van der Waals surface area (Å²) in [6.45, 7) is 0. The lowest BCUT2D eigenvalue weighted by atomic mass is 10.0. The number of hydrogen-bond acceptors (Lipinski definition) is 4. The SMILES string of the molecule is COC1C=CC(OC)(C(O)c2ccccc2)O1. The Morgan fingerprint density at radius 3 is 2.53 bits per heavy atom. The van der Waals surface area contributed by atoms with E-state index in [4.69, 9.17) is 14.2 Å². The number of benzene rings is 1. The monoisotopic (exact) mass is 236 g/mol. The standard InChI is InChI=1S/C13H16O4/c1-15-11-8-9-13(16-2,17-11)12(14)10-6-4-3-5-7-10/h3-9,11-12,14H,1-2H3. The molecule has 2 rings (SSSR count). The molecule has 0 aliphatic carbocycles. The average Bonchev–Trinajstić information content (AvgIpc) is 2.84. The van der Waals surface area contributed by atoms with Crippen molar-refractivity contribution in [1.29, 1.82) is 0 Å². The topological polar surface area (TPSA) is 47.9 Å². The Labute approximate surface area is 100 Å². The molecule has 0 fully saturated rings. The molecule has 0 saturated carbocycles. The molecular weight excluding hydrogens is 220 g/mol. The summed E-state index contributed by atoms with van der Waals surface area (Å²) in [7, 11) is 3.03. The molecule has 3 atom stereocenters. The van der Waals surface area contributed by atoms with Crippen molar-refractivity contribution in [2.24, 2.45) is 0 Å². The zero-order valence-corrected chi connectivity index (χ0v) is 9.87. The first-order valence-corrected chi connectivity index (χ1v) is 5.40. The predicted octanol–water partition coefficient (Wildman–Crippen LogP) is 1.62. The molecule has 3 unspecified atom stereocenters. The maximum Gasteiger partial charge on any atom is 0.221 e. The highest BCUT2D eigenvalue weighted by atomic mass is 16.8. The highest BCUT2D eigenvalue weighted by Crippen LogP contribution is 2.36. The highest BCUT2D eigenvalue weighted by Gasteiger charge is 2.43. The van der Waals surface area contributed by atoms with Gasteiger partial charge in [0.05, 0.1) is 0 Å². The average molecular weight is 236 g/mol. The van der Waals surface area contributed by atoms with Crippen molar-refractivity contribution in [3.8, 4) is 0 Å². The van der Waals surface area contributed by atoms with Crippen LogP contribution < -0.4 is 0 Å². The molecule has 1 aliphatic heterocycles. The Balaban J connectivity index is 2.23. The van der Waals surface area contributed by atoms with Crippen molar-refractivity contribution >= 4 is 0 Å². The smallest absolute Gasteiger partial charge is 0.221 e. The van der Waals surface area contributed by atoms with Gasteiger partial charge in [0.1, 0.15) is 6.10 Å². The molecule has 92 valence electrons. The van der Waals surface area contributed by atoms with Gasteiger partial charge in [0.2, 0.25) is 5.79 Å². The molecule has 0 bridgehead atoms. The Hall–Kier alpha value is -1.20. The van der Waals surface area contributed by atoms with Gasteiger partial charge in [-0.2, -0.15) is 0 Å². The van der Waals surface area contributed by atoms with Crippen LogP contribution in [0.2, 0.25) is 0 Å². The Bertz CT molecular complexity index is 390. The predicted molar refractivity (Wildman–Crippen MR) is 62.2 cm³/mol. The van der Waals surface area contributed by atoms with E-state index in [0.717, 1.165) is 5.56 Å². The molecule has 1 N–H and O–H groups in total. The van der Waals surface area contributed by atoms with Gasteiger partial charge >= 0.3 is 0 Å². The van der Waals surface area contributed by atoms with Gasteiger partial charge in [-0.05, 0) is 17.7 Å². The number of aliphatic hydroxyl groups is 1. The first-order valence-electron chi connectivity index (χ1n) is 5.40. The third kappa shape index (κ3) is 2.25. The summed E-state index contributed by atoms with van der Waals surface area (Å²) >= 11 is 0. The van der Waals surface area contributed by atoms with Crippen LogP contribution in [-0.4, -0.2) is 31.4 Å². The molecule has 1 aromatic carbocycles. The lowest BCUT2D eigenvalue weighted by Gasteiger charge is -2.31. The van der Waals surface area contributed by atoms with Gasteiger partial charge in [0.25, 0.3) is 0 Å². The van der Waals surface area contributed by atoms with Crippen LogP contribution in [0.15, 0.2) is 42.5 Å². The Kier molecular flexibility index (Phi) is 3.59. The second-order valence-electron chi connectivity index (χ2n) is 3.82. The zero-order valence-electron chi connectivity index (χ0n) is 9.87. The van der Waals surface area contributed by atoms with E-state index in [0.29, 0.717) is 0 Å². The molecule has 0 spiro atoms. The van der Waals surface area contributed by atoms with E-state index in [9.17, 15) is 5.11 Å². The lowest BCUT2D eigenvalue weighted by molar-refractivity contribution is -0.281. The fourth-order valence-corrected chi connectivity index (χ4v) is 1.85. The molecule has 0 radical (unpaired) electrons. The highest BCUT2D eigenvalue weighted by molar-refractivity contribution is 5.23. The summed E-state index contributed by atoms with van der Waals surface area (Å²) in [6, 6.07) is 9.24. The van der Waals surface area contributed by atoms with Gasteiger partial charge in [0, 0.05) is 14.2 Å². The van der Waals surface area contributed by atoms with Crippen molar-refractivity contribution < 1.29 is 19.3 Å². The van der Waals surface area contributed by atoms with Crippen molar-refractivity contribution in [2.75, 3.05) is 14.2 Å². The summed E-state index contributed by atoms with van der Waals surface area (Å²) in [6.07, 6.45) is 2.01. The van der Waals surface area contributed by atoms with Gasteiger partial charge in [-0.15, -0.1) is 0 Å². The van der Waals surface area contributed by atoms with Crippen LogP contribution in [0.3, 0.4) is 0 Å². The van der Waals surface area contributed by atoms with Crippen LogP contribution in [0.1, 0.15) is 11.7 Å². The van der Waals surface area contributed by atoms with E-state index in [1.54, 1.807) is 12.2 Å². The minimum atomic E-state index is -1.18. The van der Waals surface area contributed by atoms with Crippen LogP contribution in [-0.2, 0) is 14.2 Å². The van der Waals surface area contributed by atoms with Crippen molar-refractivity contribution in [3.63, 3.8) is 0 Å². The van der Waals surface area contributed by atoms with E-state index in [2.05, 4.69) is 0 Å². The number of methoxy groups -OCH3 is 2. The van der Waals surface area contributed by atoms with Gasteiger partial charge in [0.15, 0.2) is 6.29 Å². The minimum absolute atomic E-state index is 0.492. The quantitative estimate of drug-likeness (QED) is 0.807. The van der Waals surface area contributed by atoms with E-state index >= 15 is 0 Å². The van der Waals surface area contributed by atoms with E-state index < -0.39 is 18.2 Å². The molecule has 4 heteroatoms. The number of ether oxygens (including phenoxy) is 3. The zero-order chi connectivity index (χ0) is 12.3. The molecule has 0 aromatic heterocycles. The van der Waals surface area contributed by atoms with E-state index in [1.807, 2.05) is 30.3 Å². The normalized spacial score (nSPS) is 29.5. The number of hydrogen-bond donors (Lipinski definition) is 1. The van der Waals surface area contributed by atoms with Crippen molar-refractivity contribution in [2.45, 2.75) is 18.2 Å². The van der Waals surface area contributed by atoms with Crippen molar-refractivity contribution in [3.05, 3.63) is 48.0 Å². The van der Waals surface area contributed by atoms with Crippen LogP contribution in [0, 0.1) is 0 Å². The lowest BCUT2D eigenvalue weighted by Crippen LogP contribution is -2.39. The third-order valence-electron chi connectivity index (χ3n) is 2.83. The molecule has 1 aromatic rings. The second-order valence-corrected chi connectivity index (χ2v) is 3.82. The largest absolute Gasteiger partial charge is 0.382 e. The van der Waals surface area contributed by atoms with Crippen LogP contribution in [0.4, 0.5) is 0 Å². The summed E-state index contributed by atoms with van der Waals surface area (Å²) in [5, 5.41) is 10.3. The van der Waals surface area contributed by atoms with Crippen molar-refractivity contribution in [1.82, 2.24) is 0 Å².